The third kappa shape index (κ3) is 7.19. The molecular weight excluding hydrogens is 735 g/mol. The van der Waals surface area contributed by atoms with Crippen molar-refractivity contribution in [3.63, 3.8) is 0 Å². The number of H-pyrrole nitrogens is 2. The smallest absolute Gasteiger partial charge is 0.259 e. The summed E-state index contributed by atoms with van der Waals surface area (Å²) in [6.45, 7) is 2.52. The zero-order chi connectivity index (χ0) is 38.7. The monoisotopic (exact) mass is 775 g/mol. The number of aromatic nitrogens is 4. The Morgan fingerprint density at radius 3 is 1.80 bits per heavy atom. The summed E-state index contributed by atoms with van der Waals surface area (Å²) in [6.07, 6.45) is 3.33. The number of rotatable bonds is 12. The van der Waals surface area contributed by atoms with Crippen LogP contribution in [0.1, 0.15) is 47.4 Å². The highest BCUT2D eigenvalue weighted by molar-refractivity contribution is 7.71. The van der Waals surface area contributed by atoms with Crippen LogP contribution in [0.4, 0.5) is 0 Å². The molecule has 0 aliphatic carbocycles. The van der Waals surface area contributed by atoms with Crippen molar-refractivity contribution in [3.8, 4) is 51.9 Å². The number of benzene rings is 3. The Labute approximate surface area is 320 Å². The number of nitrogens with zero attached hydrogens (tertiary/aromatic N) is 2. The van der Waals surface area contributed by atoms with E-state index in [0.29, 0.717) is 29.4 Å². The van der Waals surface area contributed by atoms with E-state index >= 15 is 0 Å². The van der Waals surface area contributed by atoms with E-state index in [-0.39, 0.29) is 38.0 Å². The van der Waals surface area contributed by atoms with Crippen molar-refractivity contribution in [1.82, 2.24) is 19.1 Å². The number of piperidine rings is 1. The normalized spacial score (nSPS) is 13.6. The third-order valence-corrected chi connectivity index (χ3v) is 10.3. The Morgan fingerprint density at radius 2 is 1.24 bits per heavy atom. The number of aromatic amines is 2. The summed E-state index contributed by atoms with van der Waals surface area (Å²) in [5.41, 5.74) is -0.870. The maximum Gasteiger partial charge on any atom is 0.259 e. The molecule has 4 N–H and O–H groups in total. The molecule has 16 heteroatoms. The summed E-state index contributed by atoms with van der Waals surface area (Å²) in [7, 11) is 7.38. The van der Waals surface area contributed by atoms with Crippen molar-refractivity contribution >= 4 is 24.4 Å². The topological polar surface area (TPSA) is 169 Å². The van der Waals surface area contributed by atoms with Gasteiger partial charge in [-0.05, 0) is 91.5 Å². The van der Waals surface area contributed by atoms with Crippen LogP contribution in [0.25, 0.3) is 11.4 Å². The van der Waals surface area contributed by atoms with Crippen LogP contribution >= 0.6 is 24.4 Å². The van der Waals surface area contributed by atoms with Gasteiger partial charge < -0.3 is 38.8 Å². The number of nitrogens with one attached hydrogen (secondary N) is 3. The minimum Gasteiger partial charge on any atom is -0.859 e. The lowest BCUT2D eigenvalue weighted by Crippen LogP contribution is -3.11. The Kier molecular flexibility index (Phi) is 11.4. The van der Waals surface area contributed by atoms with Crippen molar-refractivity contribution in [1.29, 1.82) is 0 Å². The molecule has 0 bridgehead atoms. The first-order chi connectivity index (χ1) is 26.0. The lowest BCUT2D eigenvalue weighted by atomic mass is 9.85. The molecule has 1 atom stereocenters. The van der Waals surface area contributed by atoms with Crippen LogP contribution in [0.3, 0.4) is 0 Å². The third-order valence-electron chi connectivity index (χ3n) is 9.69. The van der Waals surface area contributed by atoms with Gasteiger partial charge in [0.05, 0.1) is 71.5 Å². The van der Waals surface area contributed by atoms with Gasteiger partial charge in [-0.2, -0.15) is 0 Å². The molecule has 1 unspecified atom stereocenters. The number of hydrogen-bond acceptors (Lipinski definition) is 11. The van der Waals surface area contributed by atoms with Gasteiger partial charge >= 0.3 is 0 Å². The van der Waals surface area contributed by atoms with Gasteiger partial charge in [0.1, 0.15) is 35.3 Å². The average Bonchev–Trinajstić information content (AvgIpc) is 3.17. The minimum atomic E-state index is -1.47. The molecular formula is C38H41N5O9S2. The fraction of sp³-hybridized carbons (Fsp3) is 0.316. The molecule has 0 saturated carbocycles. The molecule has 3 aromatic carbocycles. The van der Waals surface area contributed by atoms with Crippen LogP contribution < -0.4 is 44.8 Å². The zero-order valence-corrected chi connectivity index (χ0v) is 32.1. The van der Waals surface area contributed by atoms with E-state index < -0.39 is 34.4 Å². The molecule has 1 saturated heterocycles. The summed E-state index contributed by atoms with van der Waals surface area (Å²) in [5, 5.41) is 27.2. The second kappa shape index (κ2) is 16.2. The first-order valence-electron chi connectivity index (χ1n) is 17.1. The van der Waals surface area contributed by atoms with Gasteiger partial charge in [-0.15, -0.1) is 0 Å². The summed E-state index contributed by atoms with van der Waals surface area (Å²) < 4.78 is 29.7. The molecule has 1 aliphatic rings. The molecule has 0 radical (unpaired) electrons. The summed E-state index contributed by atoms with van der Waals surface area (Å²) in [4.78, 5) is 35.0. The SMILES string of the molecule is COc1ccc(OC)c(-n2c([O-])c(C(c3ccc(OC)c(C[NH+]4CCCCC4)c3)c3c(O)n(-c4cc(OC)ccc4OC)c(=S)[nH]c3=O)c(=O)[nH]c2=S)c1. The quantitative estimate of drug-likeness (QED) is 0.137. The fourth-order valence-corrected chi connectivity index (χ4v) is 7.61. The van der Waals surface area contributed by atoms with Crippen molar-refractivity contribution < 1.29 is 38.8 Å². The van der Waals surface area contributed by atoms with Crippen molar-refractivity contribution in [2.75, 3.05) is 48.6 Å². The highest BCUT2D eigenvalue weighted by Crippen LogP contribution is 2.41. The van der Waals surface area contributed by atoms with Crippen LogP contribution in [0.2, 0.25) is 0 Å². The van der Waals surface area contributed by atoms with Crippen LogP contribution in [-0.4, -0.2) is 72.8 Å². The Hall–Kier alpha value is -5.58. The van der Waals surface area contributed by atoms with Crippen LogP contribution in [0.15, 0.2) is 64.2 Å². The van der Waals surface area contributed by atoms with E-state index in [0.717, 1.165) is 42.5 Å². The Bertz CT molecular complexity index is 2300. The maximum absolute atomic E-state index is 14.9. The molecule has 6 rings (SSSR count). The molecule has 5 aromatic rings. The van der Waals surface area contributed by atoms with Crippen LogP contribution in [-0.2, 0) is 6.54 Å². The number of likely N-dealkylation sites (tertiary alicyclic amines) is 1. The standard InChI is InChI=1S/C38H41N5O9S2/c1-48-23-10-13-28(51-4)25(18-23)42-35(46)31(33(44)39-37(42)53)30(21-9-12-27(50-3)22(17-21)20-41-15-7-6-8-16-41)32-34(45)40-38(54)43(36(32)47)26-19-24(49-2)11-14-29(26)52-5/h9-14,17-19,30,46-47H,6-8,15-16,20H2,1-5H3,(H,39,44,53)(H,40,45,54). The van der Waals surface area contributed by atoms with Gasteiger partial charge in [-0.25, -0.2) is 0 Å². The Morgan fingerprint density at radius 1 is 0.722 bits per heavy atom. The van der Waals surface area contributed by atoms with E-state index in [1.54, 1.807) is 61.7 Å². The zero-order valence-electron chi connectivity index (χ0n) is 30.4. The van der Waals surface area contributed by atoms with E-state index in [9.17, 15) is 19.8 Å². The molecule has 1 aliphatic heterocycles. The van der Waals surface area contributed by atoms with E-state index in [1.807, 2.05) is 0 Å². The number of ether oxygens (including phenoxy) is 5. The number of aromatic hydroxyl groups is 1. The summed E-state index contributed by atoms with van der Waals surface area (Å²) in [6, 6.07) is 14.8. The van der Waals surface area contributed by atoms with Crippen molar-refractivity contribution in [3.05, 3.63) is 107 Å². The highest BCUT2D eigenvalue weighted by Gasteiger charge is 2.32. The Balaban J connectivity index is 1.71. The first-order valence-corrected chi connectivity index (χ1v) is 18.0. The molecule has 1 fully saturated rings. The fourth-order valence-electron chi connectivity index (χ4n) is 7.06. The van der Waals surface area contributed by atoms with E-state index in [1.165, 1.54) is 37.9 Å². The van der Waals surface area contributed by atoms with Crippen molar-refractivity contribution in [2.45, 2.75) is 31.7 Å². The second-order valence-electron chi connectivity index (χ2n) is 12.7. The molecule has 284 valence electrons. The van der Waals surface area contributed by atoms with E-state index in [4.69, 9.17) is 48.1 Å². The molecule has 54 heavy (non-hydrogen) atoms. The van der Waals surface area contributed by atoms with Gasteiger partial charge in [-0.1, -0.05) is 6.07 Å². The van der Waals surface area contributed by atoms with Gasteiger partial charge in [0.15, 0.2) is 9.54 Å². The molecule has 3 heterocycles. The van der Waals surface area contributed by atoms with Gasteiger partial charge in [0, 0.05) is 23.3 Å². The largest absolute Gasteiger partial charge is 0.859 e. The van der Waals surface area contributed by atoms with Crippen molar-refractivity contribution in [2.24, 2.45) is 0 Å². The average molecular weight is 776 g/mol. The van der Waals surface area contributed by atoms with Crippen LogP contribution in [0.5, 0.6) is 40.5 Å². The lowest BCUT2D eigenvalue weighted by molar-refractivity contribution is -0.918. The predicted molar refractivity (Wildman–Crippen MR) is 204 cm³/mol. The predicted octanol–water partition coefficient (Wildman–Crippen LogP) is 3.67. The summed E-state index contributed by atoms with van der Waals surface area (Å²) >= 11 is 11.1. The summed E-state index contributed by atoms with van der Waals surface area (Å²) in [5.74, 6) is -1.02. The van der Waals surface area contributed by atoms with E-state index in [2.05, 4.69) is 9.97 Å². The number of methoxy groups -OCH3 is 5. The maximum atomic E-state index is 14.9. The van der Waals surface area contributed by atoms with Crippen LogP contribution in [0, 0.1) is 9.54 Å². The minimum absolute atomic E-state index is 0.177. The number of quaternary nitrogens is 1. The molecule has 0 spiro atoms. The second-order valence-corrected chi connectivity index (χ2v) is 13.5. The van der Waals surface area contributed by atoms with Gasteiger partial charge in [0.25, 0.3) is 11.1 Å². The van der Waals surface area contributed by atoms with Gasteiger partial charge in [0.2, 0.25) is 5.88 Å². The highest BCUT2D eigenvalue weighted by atomic mass is 32.1. The molecule has 0 amide bonds. The number of hydrogen-bond donors (Lipinski definition) is 4. The first kappa shape index (κ1) is 38.2. The molecule has 2 aromatic heterocycles. The lowest BCUT2D eigenvalue weighted by Gasteiger charge is -2.29. The molecule has 14 nitrogen and oxygen atoms in total. The van der Waals surface area contributed by atoms with Gasteiger partial charge in [-0.3, -0.25) is 28.7 Å².